The Bertz CT molecular complexity index is 573. The molecule has 0 saturated carbocycles. The van der Waals surface area contributed by atoms with Crippen molar-refractivity contribution in [2.45, 2.75) is 46.6 Å². The minimum atomic E-state index is -0.229. The smallest absolute Gasteiger partial charge is 0.251 e. The van der Waals surface area contributed by atoms with E-state index in [1.807, 2.05) is 24.1 Å². The lowest BCUT2D eigenvalue weighted by molar-refractivity contribution is 0.0897. The van der Waals surface area contributed by atoms with E-state index in [9.17, 15) is 9.90 Å². The molecule has 0 fully saturated rings. The molecule has 0 bridgehead atoms. The Morgan fingerprint density at radius 1 is 1.35 bits per heavy atom. The normalized spacial score (nSPS) is 16.2. The molecular weight excluding hydrogens is 290 g/mol. The largest absolute Gasteiger partial charge is 0.394 e. The molecule has 0 saturated heterocycles. The number of hydrazone groups is 1. The van der Waals surface area contributed by atoms with Crippen LogP contribution in [0.1, 0.15) is 50.9 Å². The number of benzene rings is 1. The Hall–Kier alpha value is -1.88. The van der Waals surface area contributed by atoms with E-state index in [4.69, 9.17) is 0 Å². The van der Waals surface area contributed by atoms with Crippen LogP contribution in [0.25, 0.3) is 0 Å². The summed E-state index contributed by atoms with van der Waals surface area (Å²) in [5.41, 5.74) is 2.77. The van der Waals surface area contributed by atoms with Gasteiger partial charge in [0.2, 0.25) is 0 Å². The fraction of sp³-hybridized carbons (Fsp3) is 0.556. The van der Waals surface area contributed by atoms with Crippen molar-refractivity contribution in [1.82, 2.24) is 5.32 Å². The molecule has 2 N–H and O–H groups in total. The second-order valence-corrected chi connectivity index (χ2v) is 7.37. The van der Waals surface area contributed by atoms with E-state index in [0.29, 0.717) is 5.56 Å². The number of anilines is 1. The van der Waals surface area contributed by atoms with Crippen LogP contribution in [-0.4, -0.2) is 35.9 Å². The van der Waals surface area contributed by atoms with Gasteiger partial charge in [-0.25, -0.2) is 0 Å². The molecule has 1 aliphatic heterocycles. The quantitative estimate of drug-likeness (QED) is 0.877. The number of nitrogens with zero attached hydrogens (tertiary/aromatic N) is 2. The molecule has 0 aromatic heterocycles. The summed E-state index contributed by atoms with van der Waals surface area (Å²) in [7, 11) is 0. The fourth-order valence-electron chi connectivity index (χ4n) is 2.71. The third-order valence-electron chi connectivity index (χ3n) is 3.82. The first kappa shape index (κ1) is 17.5. The molecule has 126 valence electrons. The summed E-state index contributed by atoms with van der Waals surface area (Å²) >= 11 is 0. The van der Waals surface area contributed by atoms with Crippen molar-refractivity contribution in [3.05, 3.63) is 29.8 Å². The summed E-state index contributed by atoms with van der Waals surface area (Å²) < 4.78 is 0. The maximum absolute atomic E-state index is 12.3. The van der Waals surface area contributed by atoms with Crippen molar-refractivity contribution in [2.24, 2.45) is 10.5 Å². The molecule has 2 rings (SSSR count). The Morgan fingerprint density at radius 3 is 2.48 bits per heavy atom. The predicted molar refractivity (Wildman–Crippen MR) is 93.9 cm³/mol. The summed E-state index contributed by atoms with van der Waals surface area (Å²) in [6.07, 6.45) is 1.71. The van der Waals surface area contributed by atoms with Gasteiger partial charge >= 0.3 is 0 Å². The molecule has 1 aromatic rings. The van der Waals surface area contributed by atoms with Crippen molar-refractivity contribution >= 4 is 17.3 Å². The molecular formula is C18H27N3O2. The molecule has 5 heteroatoms. The second-order valence-electron chi connectivity index (χ2n) is 7.37. The molecule has 1 heterocycles. The Balaban J connectivity index is 1.99. The first-order valence-corrected chi connectivity index (χ1v) is 8.12. The number of carbonyl (C=O) groups is 1. The second kappa shape index (κ2) is 7.13. The maximum Gasteiger partial charge on any atom is 0.251 e. The summed E-state index contributed by atoms with van der Waals surface area (Å²) in [6.45, 7) is 9.13. The maximum atomic E-state index is 12.3. The predicted octanol–water partition coefficient (Wildman–Crippen LogP) is 2.80. The van der Waals surface area contributed by atoms with Crippen molar-refractivity contribution in [1.29, 1.82) is 0 Å². The molecule has 1 amide bonds. The minimum absolute atomic E-state index is 0.0517. The monoisotopic (exact) mass is 317 g/mol. The van der Waals surface area contributed by atoms with E-state index >= 15 is 0 Å². The lowest BCUT2D eigenvalue weighted by atomic mass is 9.88. The summed E-state index contributed by atoms with van der Waals surface area (Å²) in [4.78, 5) is 12.3. The van der Waals surface area contributed by atoms with Crippen LogP contribution in [0.2, 0.25) is 0 Å². The van der Waals surface area contributed by atoms with E-state index in [0.717, 1.165) is 30.8 Å². The summed E-state index contributed by atoms with van der Waals surface area (Å²) in [6, 6.07) is 7.20. The van der Waals surface area contributed by atoms with E-state index < -0.39 is 0 Å². The molecule has 1 aromatic carbocycles. The van der Waals surface area contributed by atoms with Gasteiger partial charge in [0.05, 0.1) is 18.3 Å². The van der Waals surface area contributed by atoms with Crippen molar-refractivity contribution < 1.29 is 9.90 Å². The Morgan fingerprint density at radius 2 is 2.00 bits per heavy atom. The van der Waals surface area contributed by atoms with Gasteiger partial charge in [0.1, 0.15) is 0 Å². The number of amides is 1. The van der Waals surface area contributed by atoms with E-state index in [-0.39, 0.29) is 24.0 Å². The van der Waals surface area contributed by atoms with Gasteiger partial charge in [-0.1, -0.05) is 20.8 Å². The molecule has 23 heavy (non-hydrogen) atoms. The highest BCUT2D eigenvalue weighted by Gasteiger charge is 2.20. The van der Waals surface area contributed by atoms with Gasteiger partial charge in [-0.2, -0.15) is 5.10 Å². The van der Waals surface area contributed by atoms with Crippen LogP contribution in [-0.2, 0) is 0 Å². The Labute approximate surface area is 138 Å². The van der Waals surface area contributed by atoms with Crippen LogP contribution in [0.15, 0.2) is 29.4 Å². The molecule has 1 unspecified atom stereocenters. The van der Waals surface area contributed by atoms with Crippen LogP contribution in [0.4, 0.5) is 5.69 Å². The first-order valence-electron chi connectivity index (χ1n) is 8.12. The number of hydrogen-bond acceptors (Lipinski definition) is 4. The van der Waals surface area contributed by atoms with Gasteiger partial charge in [-0.15, -0.1) is 0 Å². The molecule has 5 nitrogen and oxygen atoms in total. The third-order valence-corrected chi connectivity index (χ3v) is 3.82. The zero-order chi connectivity index (χ0) is 17.0. The number of hydrogen-bond donors (Lipinski definition) is 2. The van der Waals surface area contributed by atoms with Crippen LogP contribution in [0.3, 0.4) is 0 Å². The zero-order valence-electron chi connectivity index (χ0n) is 14.5. The lowest BCUT2D eigenvalue weighted by Crippen LogP contribution is -2.40. The first-order chi connectivity index (χ1) is 10.8. The lowest BCUT2D eigenvalue weighted by Gasteiger charge is -2.25. The fourth-order valence-corrected chi connectivity index (χ4v) is 2.71. The van der Waals surface area contributed by atoms with Crippen LogP contribution < -0.4 is 10.3 Å². The highest BCUT2D eigenvalue weighted by atomic mass is 16.3. The topological polar surface area (TPSA) is 64.9 Å². The molecule has 1 aliphatic rings. The number of aliphatic hydroxyl groups excluding tert-OH is 1. The van der Waals surface area contributed by atoms with Crippen molar-refractivity contribution in [2.75, 3.05) is 18.2 Å². The molecule has 0 aliphatic carbocycles. The van der Waals surface area contributed by atoms with Gasteiger partial charge in [0.15, 0.2) is 0 Å². The summed E-state index contributed by atoms with van der Waals surface area (Å²) in [5.74, 6) is -0.152. The van der Waals surface area contributed by atoms with Crippen molar-refractivity contribution in [3.63, 3.8) is 0 Å². The number of aliphatic hydroxyl groups is 1. The molecule has 1 atom stereocenters. The number of carbonyl (C=O) groups excluding carboxylic acids is 1. The number of rotatable bonds is 5. The van der Waals surface area contributed by atoms with Crippen molar-refractivity contribution in [3.8, 4) is 0 Å². The Kier molecular flexibility index (Phi) is 5.42. The molecule has 0 spiro atoms. The minimum Gasteiger partial charge on any atom is -0.394 e. The van der Waals surface area contributed by atoms with Gasteiger partial charge in [-0.05, 0) is 43.0 Å². The van der Waals surface area contributed by atoms with Crippen LogP contribution >= 0.6 is 0 Å². The van der Waals surface area contributed by atoms with E-state index in [2.05, 4.69) is 31.2 Å². The average Bonchev–Trinajstić information content (AvgIpc) is 2.92. The SMILES string of the molecule is CC1=NN(c2ccc(C(=O)NC(CO)CC(C)(C)C)cc2)CC1. The zero-order valence-corrected chi connectivity index (χ0v) is 14.5. The standard InChI is InChI=1S/C18H27N3O2/c1-13-9-10-21(20-13)16-7-5-14(6-8-16)17(23)19-15(12-22)11-18(2,3)4/h5-8,15,22H,9-12H2,1-4H3,(H,19,23). The highest BCUT2D eigenvalue weighted by molar-refractivity contribution is 5.94. The number of nitrogens with one attached hydrogen (secondary N) is 1. The van der Waals surface area contributed by atoms with Gasteiger partial charge in [-0.3, -0.25) is 9.80 Å². The highest BCUT2D eigenvalue weighted by Crippen LogP contribution is 2.22. The van der Waals surface area contributed by atoms with E-state index in [1.165, 1.54) is 0 Å². The van der Waals surface area contributed by atoms with Gasteiger partial charge < -0.3 is 10.4 Å². The van der Waals surface area contributed by atoms with Crippen LogP contribution in [0, 0.1) is 5.41 Å². The summed E-state index contributed by atoms with van der Waals surface area (Å²) in [5, 5.41) is 18.8. The third kappa shape index (κ3) is 5.06. The average molecular weight is 317 g/mol. The van der Waals surface area contributed by atoms with Gasteiger partial charge in [0.25, 0.3) is 5.91 Å². The van der Waals surface area contributed by atoms with Crippen LogP contribution in [0.5, 0.6) is 0 Å². The van der Waals surface area contributed by atoms with Gasteiger partial charge in [0, 0.05) is 24.2 Å². The molecule has 0 radical (unpaired) electrons. The van der Waals surface area contributed by atoms with E-state index in [1.54, 1.807) is 12.1 Å².